The lowest BCUT2D eigenvalue weighted by molar-refractivity contribution is -0.123. The summed E-state index contributed by atoms with van der Waals surface area (Å²) in [5, 5.41) is 7.22. The average Bonchev–Trinajstić information content (AvgIpc) is 3.09. The summed E-state index contributed by atoms with van der Waals surface area (Å²) in [5.41, 5.74) is 4.60. The lowest BCUT2D eigenvalue weighted by Crippen LogP contribution is -2.31. The number of benzene rings is 1. The summed E-state index contributed by atoms with van der Waals surface area (Å²) in [5.74, 6) is -0.623. The van der Waals surface area contributed by atoms with Crippen molar-refractivity contribution in [1.29, 1.82) is 0 Å². The summed E-state index contributed by atoms with van der Waals surface area (Å²) in [7, 11) is 0. The van der Waals surface area contributed by atoms with Gasteiger partial charge in [0.05, 0.1) is 5.92 Å². The van der Waals surface area contributed by atoms with Crippen LogP contribution in [0.5, 0.6) is 0 Å². The maximum atomic E-state index is 12.1. The van der Waals surface area contributed by atoms with E-state index in [1.807, 2.05) is 31.2 Å². The summed E-state index contributed by atoms with van der Waals surface area (Å²) < 4.78 is 1.38. The Kier molecular flexibility index (Phi) is 3.39. The minimum absolute atomic E-state index is 0.0391. The van der Waals surface area contributed by atoms with Gasteiger partial charge in [0.2, 0.25) is 11.8 Å². The quantitative estimate of drug-likeness (QED) is 0.900. The Morgan fingerprint density at radius 1 is 1.24 bits per heavy atom. The van der Waals surface area contributed by atoms with Crippen LogP contribution in [0.3, 0.4) is 0 Å². The lowest BCUT2D eigenvalue weighted by atomic mass is 10.1. The fourth-order valence-corrected chi connectivity index (χ4v) is 2.33. The highest BCUT2D eigenvalue weighted by Gasteiger charge is 2.35. The number of amides is 2. The first-order chi connectivity index (χ1) is 10.1. The van der Waals surface area contributed by atoms with Gasteiger partial charge in [0.1, 0.15) is 12.7 Å². The summed E-state index contributed by atoms with van der Waals surface area (Å²) in [4.78, 5) is 25.9. The first kappa shape index (κ1) is 13.3. The van der Waals surface area contributed by atoms with Gasteiger partial charge < -0.3 is 4.90 Å². The third-order valence-corrected chi connectivity index (χ3v) is 3.50. The van der Waals surface area contributed by atoms with Crippen LogP contribution < -0.4 is 10.3 Å². The molecule has 1 aromatic carbocycles. The van der Waals surface area contributed by atoms with Gasteiger partial charge in [-0.3, -0.25) is 15.0 Å². The van der Waals surface area contributed by atoms with Gasteiger partial charge in [0.25, 0.3) is 0 Å². The van der Waals surface area contributed by atoms with Crippen molar-refractivity contribution in [2.24, 2.45) is 5.92 Å². The van der Waals surface area contributed by atoms with Crippen molar-refractivity contribution in [3.05, 3.63) is 42.5 Å². The molecule has 0 aliphatic carbocycles. The van der Waals surface area contributed by atoms with E-state index in [-0.39, 0.29) is 24.2 Å². The fraction of sp³-hybridized carbons (Fsp3) is 0.286. The van der Waals surface area contributed by atoms with E-state index in [2.05, 4.69) is 15.6 Å². The molecule has 2 amide bonds. The van der Waals surface area contributed by atoms with Crippen molar-refractivity contribution >= 4 is 17.5 Å². The number of nitrogens with zero attached hydrogens (tertiary/aromatic N) is 4. The predicted molar refractivity (Wildman–Crippen MR) is 76.0 cm³/mol. The maximum Gasteiger partial charge on any atom is 0.244 e. The molecule has 1 aliphatic rings. The van der Waals surface area contributed by atoms with Crippen LogP contribution >= 0.6 is 0 Å². The molecule has 0 unspecified atom stereocenters. The molecule has 1 N–H and O–H groups in total. The van der Waals surface area contributed by atoms with E-state index in [4.69, 9.17) is 0 Å². The van der Waals surface area contributed by atoms with Crippen molar-refractivity contribution < 1.29 is 9.59 Å². The number of hydrogen-bond acceptors (Lipinski definition) is 4. The largest absolute Gasteiger partial charge is 0.312 e. The molecular formula is C14H15N5O2. The lowest BCUT2D eigenvalue weighted by Gasteiger charge is -2.16. The third kappa shape index (κ3) is 2.76. The van der Waals surface area contributed by atoms with E-state index < -0.39 is 0 Å². The predicted octanol–water partition coefficient (Wildman–Crippen LogP) is 0.710. The highest BCUT2D eigenvalue weighted by molar-refractivity contribution is 6.01. The molecule has 0 saturated carbocycles. The Balaban J connectivity index is 1.69. The van der Waals surface area contributed by atoms with Gasteiger partial charge in [-0.05, 0) is 19.1 Å². The first-order valence-corrected chi connectivity index (χ1v) is 6.66. The highest BCUT2D eigenvalue weighted by atomic mass is 16.2. The zero-order valence-corrected chi connectivity index (χ0v) is 11.6. The molecule has 21 heavy (non-hydrogen) atoms. The number of aromatic nitrogens is 3. The second-order valence-electron chi connectivity index (χ2n) is 5.09. The normalized spacial score (nSPS) is 18.0. The maximum absolute atomic E-state index is 12.1. The number of aryl methyl sites for hydroxylation is 1. The highest BCUT2D eigenvalue weighted by Crippen LogP contribution is 2.25. The van der Waals surface area contributed by atoms with Crippen molar-refractivity contribution in [2.45, 2.75) is 13.3 Å². The molecule has 7 heteroatoms. The minimum atomic E-state index is -0.374. The van der Waals surface area contributed by atoms with Crippen LogP contribution in [0, 0.1) is 12.8 Å². The second kappa shape index (κ2) is 5.35. The Morgan fingerprint density at radius 2 is 1.90 bits per heavy atom. The molecule has 0 bridgehead atoms. The van der Waals surface area contributed by atoms with Crippen molar-refractivity contribution in [2.75, 3.05) is 16.9 Å². The fourth-order valence-electron chi connectivity index (χ4n) is 2.33. The minimum Gasteiger partial charge on any atom is -0.312 e. The number of carbonyl (C=O) groups excluding carboxylic acids is 2. The van der Waals surface area contributed by atoms with Gasteiger partial charge in [-0.1, -0.05) is 17.7 Å². The molecule has 108 valence electrons. The third-order valence-electron chi connectivity index (χ3n) is 3.50. The molecule has 1 aromatic heterocycles. The van der Waals surface area contributed by atoms with Gasteiger partial charge >= 0.3 is 0 Å². The van der Waals surface area contributed by atoms with Gasteiger partial charge in [-0.25, -0.2) is 4.68 Å². The zero-order chi connectivity index (χ0) is 14.8. The molecule has 3 rings (SSSR count). The van der Waals surface area contributed by atoms with E-state index in [0.717, 1.165) is 11.3 Å². The Bertz CT molecular complexity index is 651. The standard InChI is InChI=1S/C14H15N5O2/c1-10-2-4-12(5-3-10)19-7-11(6-13(19)20)14(21)17-18-8-15-16-9-18/h2-5,8-9,11H,6-7H2,1H3,(H,17,21)/t11-/m0/s1. The van der Waals surface area contributed by atoms with Crippen LogP contribution in [0.4, 0.5) is 5.69 Å². The summed E-state index contributed by atoms with van der Waals surface area (Å²) in [6.45, 7) is 2.38. The van der Waals surface area contributed by atoms with Crippen LogP contribution in [0.15, 0.2) is 36.9 Å². The van der Waals surface area contributed by atoms with Crippen LogP contribution in [0.1, 0.15) is 12.0 Å². The number of carbonyl (C=O) groups is 2. The molecule has 0 radical (unpaired) electrons. The van der Waals surface area contributed by atoms with E-state index >= 15 is 0 Å². The Morgan fingerprint density at radius 3 is 2.57 bits per heavy atom. The van der Waals surface area contributed by atoms with E-state index in [9.17, 15) is 9.59 Å². The summed E-state index contributed by atoms with van der Waals surface area (Å²) >= 11 is 0. The molecule has 2 heterocycles. The molecule has 0 spiro atoms. The van der Waals surface area contributed by atoms with E-state index in [1.165, 1.54) is 17.3 Å². The van der Waals surface area contributed by atoms with Crippen molar-refractivity contribution in [3.63, 3.8) is 0 Å². The number of anilines is 1. The SMILES string of the molecule is Cc1ccc(N2C[C@@H](C(=O)Nn3cnnc3)CC2=O)cc1. The summed E-state index contributed by atoms with van der Waals surface area (Å²) in [6, 6.07) is 7.70. The monoisotopic (exact) mass is 285 g/mol. The van der Waals surface area contributed by atoms with Crippen LogP contribution in [0.2, 0.25) is 0 Å². The van der Waals surface area contributed by atoms with Crippen LogP contribution in [-0.2, 0) is 9.59 Å². The van der Waals surface area contributed by atoms with Gasteiger partial charge in [-0.2, -0.15) is 0 Å². The van der Waals surface area contributed by atoms with Crippen molar-refractivity contribution in [1.82, 2.24) is 14.9 Å². The molecule has 2 aromatic rings. The van der Waals surface area contributed by atoms with Crippen LogP contribution in [0.25, 0.3) is 0 Å². The molecular weight excluding hydrogens is 270 g/mol. The van der Waals surface area contributed by atoms with E-state index in [1.54, 1.807) is 4.90 Å². The molecule has 1 saturated heterocycles. The first-order valence-electron chi connectivity index (χ1n) is 6.66. The zero-order valence-electron chi connectivity index (χ0n) is 11.6. The second-order valence-corrected chi connectivity index (χ2v) is 5.09. The van der Waals surface area contributed by atoms with Gasteiger partial charge in [0.15, 0.2) is 0 Å². The number of nitrogens with one attached hydrogen (secondary N) is 1. The molecule has 7 nitrogen and oxygen atoms in total. The number of rotatable bonds is 3. The van der Waals surface area contributed by atoms with Crippen molar-refractivity contribution in [3.8, 4) is 0 Å². The Labute approximate surface area is 121 Å². The smallest absolute Gasteiger partial charge is 0.244 e. The van der Waals surface area contributed by atoms with E-state index in [0.29, 0.717) is 6.54 Å². The van der Waals surface area contributed by atoms with Gasteiger partial charge in [0, 0.05) is 18.7 Å². The number of hydrogen-bond donors (Lipinski definition) is 1. The van der Waals surface area contributed by atoms with Crippen LogP contribution in [-0.4, -0.2) is 33.2 Å². The Hall–Kier alpha value is -2.70. The molecule has 1 aliphatic heterocycles. The topological polar surface area (TPSA) is 80.1 Å². The molecule has 1 atom stereocenters. The summed E-state index contributed by atoms with van der Waals surface area (Å²) in [6.07, 6.45) is 3.00. The van der Waals surface area contributed by atoms with Gasteiger partial charge in [-0.15, -0.1) is 10.2 Å². The average molecular weight is 285 g/mol. The molecule has 1 fully saturated rings.